The smallest absolute Gasteiger partial charge is 0.0352 e. The number of thiophene rings is 1. The largest absolute Gasteiger partial charge is 0.136 e. The quantitative estimate of drug-likeness (QED) is 0.636. The molecule has 0 fully saturated rings. The third-order valence-corrected chi connectivity index (χ3v) is 3.68. The summed E-state index contributed by atoms with van der Waals surface area (Å²) in [4.78, 5) is 1.38. The van der Waals surface area contributed by atoms with Crippen molar-refractivity contribution >= 4 is 27.5 Å². The van der Waals surface area contributed by atoms with Crippen molar-refractivity contribution in [2.24, 2.45) is 0 Å². The van der Waals surface area contributed by atoms with E-state index in [1.807, 2.05) is 11.3 Å². The molecule has 2 rings (SSSR count). The molecule has 1 heterocycles. The average Bonchev–Trinajstić information content (AvgIpc) is 2.46. The van der Waals surface area contributed by atoms with Gasteiger partial charge in [-0.05, 0) is 43.9 Å². The second-order valence-corrected chi connectivity index (χ2v) is 4.67. The zero-order chi connectivity index (χ0) is 10.1. The van der Waals surface area contributed by atoms with Gasteiger partial charge in [0.2, 0.25) is 0 Å². The van der Waals surface area contributed by atoms with Crippen molar-refractivity contribution in [1.82, 2.24) is 0 Å². The van der Waals surface area contributed by atoms with Crippen LogP contribution in [0.25, 0.3) is 16.2 Å². The van der Waals surface area contributed by atoms with E-state index in [9.17, 15) is 0 Å². The van der Waals surface area contributed by atoms with Crippen LogP contribution >= 0.6 is 11.3 Å². The van der Waals surface area contributed by atoms with E-state index in [1.165, 1.54) is 26.1 Å². The van der Waals surface area contributed by atoms with Crippen molar-refractivity contribution in [2.45, 2.75) is 20.8 Å². The highest BCUT2D eigenvalue weighted by molar-refractivity contribution is 7.20. The van der Waals surface area contributed by atoms with Gasteiger partial charge in [0.05, 0.1) is 0 Å². The number of benzene rings is 1. The maximum absolute atomic E-state index is 2.27. The summed E-state index contributed by atoms with van der Waals surface area (Å²) in [5.74, 6) is 0. The first-order valence-electron chi connectivity index (χ1n) is 4.85. The molecule has 0 saturated heterocycles. The van der Waals surface area contributed by atoms with Gasteiger partial charge >= 0.3 is 0 Å². The fourth-order valence-corrected chi connectivity index (χ4v) is 2.83. The van der Waals surface area contributed by atoms with Crippen LogP contribution in [0.4, 0.5) is 0 Å². The first kappa shape index (κ1) is 9.47. The molecule has 14 heavy (non-hydrogen) atoms. The molecule has 0 atom stereocenters. The summed E-state index contributed by atoms with van der Waals surface area (Å²) in [6, 6.07) is 6.67. The van der Waals surface area contributed by atoms with Crippen LogP contribution in [-0.4, -0.2) is 0 Å². The molecular weight excluding hydrogens is 188 g/mol. The van der Waals surface area contributed by atoms with Crippen LogP contribution < -0.4 is 0 Å². The molecule has 0 aliphatic heterocycles. The first-order chi connectivity index (χ1) is 6.72. The van der Waals surface area contributed by atoms with Gasteiger partial charge in [0.25, 0.3) is 0 Å². The Labute approximate surface area is 88.9 Å². The summed E-state index contributed by atoms with van der Waals surface area (Å²) in [5.41, 5.74) is 2.75. The Hall–Kier alpha value is -1.08. The molecule has 0 aliphatic carbocycles. The molecule has 1 aromatic heterocycles. The summed E-state index contributed by atoms with van der Waals surface area (Å²) < 4.78 is 1.39. The fourth-order valence-electron chi connectivity index (χ4n) is 1.66. The van der Waals surface area contributed by atoms with Crippen LogP contribution in [0, 0.1) is 13.8 Å². The highest BCUT2D eigenvalue weighted by Gasteiger charge is 2.05. The summed E-state index contributed by atoms with van der Waals surface area (Å²) in [7, 11) is 0. The molecule has 72 valence electrons. The van der Waals surface area contributed by atoms with Gasteiger partial charge in [0.1, 0.15) is 0 Å². The van der Waals surface area contributed by atoms with Crippen molar-refractivity contribution in [3.05, 3.63) is 40.3 Å². The molecule has 0 saturated carbocycles. The Balaban J connectivity index is 2.74. The molecule has 1 heteroatoms. The topological polar surface area (TPSA) is 0 Å². The molecule has 0 N–H and O–H groups in total. The van der Waals surface area contributed by atoms with Crippen LogP contribution in [0.3, 0.4) is 0 Å². The Morgan fingerprint density at radius 2 is 2.00 bits per heavy atom. The number of rotatable bonds is 1. The van der Waals surface area contributed by atoms with Gasteiger partial charge in [-0.15, -0.1) is 11.3 Å². The normalized spacial score (nSPS) is 11.6. The van der Waals surface area contributed by atoms with Gasteiger partial charge in [0.15, 0.2) is 0 Å². The Kier molecular flexibility index (Phi) is 2.42. The molecule has 0 bridgehead atoms. The van der Waals surface area contributed by atoms with Gasteiger partial charge in [-0.25, -0.2) is 0 Å². The number of fused-ring (bicyclic) bond motifs is 1. The van der Waals surface area contributed by atoms with Gasteiger partial charge in [0, 0.05) is 9.58 Å². The molecule has 0 spiro atoms. The third-order valence-electron chi connectivity index (χ3n) is 2.45. The monoisotopic (exact) mass is 202 g/mol. The minimum absolute atomic E-state index is 1.34. The first-order valence-corrected chi connectivity index (χ1v) is 5.66. The Bertz CT molecular complexity index is 489. The molecule has 0 amide bonds. The minimum atomic E-state index is 1.34. The summed E-state index contributed by atoms with van der Waals surface area (Å²) in [5, 5.41) is 1.41. The highest BCUT2D eigenvalue weighted by Crippen LogP contribution is 2.32. The molecular formula is C13H14S. The highest BCUT2D eigenvalue weighted by atomic mass is 32.1. The molecule has 0 radical (unpaired) electrons. The van der Waals surface area contributed by atoms with Crippen LogP contribution in [-0.2, 0) is 0 Å². The Morgan fingerprint density at radius 3 is 2.71 bits per heavy atom. The lowest BCUT2D eigenvalue weighted by atomic mass is 10.1. The van der Waals surface area contributed by atoms with E-state index in [0.717, 1.165) is 0 Å². The van der Waals surface area contributed by atoms with E-state index in [-0.39, 0.29) is 0 Å². The van der Waals surface area contributed by atoms with Crippen LogP contribution in [0.15, 0.2) is 24.3 Å². The third kappa shape index (κ3) is 1.48. The van der Waals surface area contributed by atoms with Crippen LogP contribution in [0.5, 0.6) is 0 Å². The van der Waals surface area contributed by atoms with E-state index in [4.69, 9.17) is 0 Å². The average molecular weight is 202 g/mol. The standard InChI is InChI=1S/C13H14S/c1-4-5-12-10(3)11-8-9(2)6-7-13(11)14-12/h4-8H,1-3H3/b5-4-. The molecule has 0 unspecified atom stereocenters. The lowest BCUT2D eigenvalue weighted by molar-refractivity contribution is 1.49. The van der Waals surface area contributed by atoms with E-state index in [2.05, 4.69) is 51.1 Å². The number of hydrogen-bond donors (Lipinski definition) is 0. The summed E-state index contributed by atoms with van der Waals surface area (Å²) in [6.07, 6.45) is 4.29. The van der Waals surface area contributed by atoms with Crippen molar-refractivity contribution in [1.29, 1.82) is 0 Å². The van der Waals surface area contributed by atoms with E-state index in [0.29, 0.717) is 0 Å². The van der Waals surface area contributed by atoms with Crippen molar-refractivity contribution < 1.29 is 0 Å². The lowest BCUT2D eigenvalue weighted by Crippen LogP contribution is -1.73. The predicted octanol–water partition coefficient (Wildman–Crippen LogP) is 4.55. The zero-order valence-corrected chi connectivity index (χ0v) is 9.61. The van der Waals surface area contributed by atoms with Crippen LogP contribution in [0.1, 0.15) is 22.9 Å². The van der Waals surface area contributed by atoms with Gasteiger partial charge < -0.3 is 0 Å². The summed E-state index contributed by atoms with van der Waals surface area (Å²) >= 11 is 1.87. The minimum Gasteiger partial charge on any atom is -0.136 e. The number of aryl methyl sites for hydroxylation is 2. The molecule has 1 aromatic carbocycles. The van der Waals surface area contributed by atoms with Crippen LogP contribution in [0.2, 0.25) is 0 Å². The molecule has 2 aromatic rings. The maximum Gasteiger partial charge on any atom is 0.0352 e. The molecule has 0 aliphatic rings. The SMILES string of the molecule is C/C=C\c1sc2ccc(C)cc2c1C. The fraction of sp³-hybridized carbons (Fsp3) is 0.231. The molecule has 0 nitrogen and oxygen atoms in total. The van der Waals surface area contributed by atoms with Gasteiger partial charge in [-0.3, -0.25) is 0 Å². The Morgan fingerprint density at radius 1 is 1.21 bits per heavy atom. The van der Waals surface area contributed by atoms with E-state index < -0.39 is 0 Å². The van der Waals surface area contributed by atoms with Crippen molar-refractivity contribution in [3.63, 3.8) is 0 Å². The van der Waals surface area contributed by atoms with Crippen molar-refractivity contribution in [2.75, 3.05) is 0 Å². The second-order valence-electron chi connectivity index (χ2n) is 3.59. The zero-order valence-electron chi connectivity index (χ0n) is 8.79. The number of allylic oxidation sites excluding steroid dienone is 1. The van der Waals surface area contributed by atoms with E-state index in [1.54, 1.807) is 0 Å². The maximum atomic E-state index is 2.27. The predicted molar refractivity (Wildman–Crippen MR) is 66.0 cm³/mol. The second kappa shape index (κ2) is 3.58. The van der Waals surface area contributed by atoms with E-state index >= 15 is 0 Å². The van der Waals surface area contributed by atoms with Gasteiger partial charge in [-0.1, -0.05) is 23.8 Å². The van der Waals surface area contributed by atoms with Crippen molar-refractivity contribution in [3.8, 4) is 0 Å². The van der Waals surface area contributed by atoms with Gasteiger partial charge in [-0.2, -0.15) is 0 Å². The summed E-state index contributed by atoms with van der Waals surface area (Å²) in [6.45, 7) is 6.41. The lowest BCUT2D eigenvalue weighted by Gasteiger charge is -1.93. The number of hydrogen-bond acceptors (Lipinski definition) is 1.